The van der Waals surface area contributed by atoms with E-state index >= 15 is 0 Å². The normalized spacial score (nSPS) is 11.4. The number of benzene rings is 1. The van der Waals surface area contributed by atoms with E-state index in [2.05, 4.69) is 4.98 Å². The summed E-state index contributed by atoms with van der Waals surface area (Å²) >= 11 is 0. The predicted molar refractivity (Wildman–Crippen MR) is 74.3 cm³/mol. The molecule has 1 aromatic carbocycles. The van der Waals surface area contributed by atoms with Gasteiger partial charge in [0, 0.05) is 24.9 Å². The van der Waals surface area contributed by atoms with Crippen LogP contribution in [0, 0.1) is 12.7 Å². The van der Waals surface area contributed by atoms with Gasteiger partial charge in [0.15, 0.2) is 11.4 Å². The molecule has 4 nitrogen and oxygen atoms in total. The van der Waals surface area contributed by atoms with Crippen molar-refractivity contribution in [1.29, 1.82) is 0 Å². The molecule has 1 heterocycles. The van der Waals surface area contributed by atoms with Gasteiger partial charge in [-0.25, -0.2) is 9.37 Å². The molecule has 2 rings (SSSR count). The lowest BCUT2D eigenvalue weighted by atomic mass is 10.1. The molecule has 1 aromatic heterocycles. The molecule has 5 heteroatoms. The Morgan fingerprint density at radius 1 is 1.30 bits per heavy atom. The Morgan fingerprint density at radius 3 is 2.65 bits per heavy atom. The van der Waals surface area contributed by atoms with Crippen LogP contribution >= 0.6 is 0 Å². The van der Waals surface area contributed by atoms with Crippen LogP contribution in [0.4, 0.5) is 4.39 Å². The first-order valence-corrected chi connectivity index (χ1v) is 6.29. The fourth-order valence-electron chi connectivity index (χ4n) is 2.06. The molecule has 20 heavy (non-hydrogen) atoms. The van der Waals surface area contributed by atoms with Gasteiger partial charge in [-0.15, -0.1) is 0 Å². The summed E-state index contributed by atoms with van der Waals surface area (Å²) in [5, 5.41) is 0. The standard InChI is InChI=1S/C15H17FN2O2/c1-10-8-13(19)18(4)14(17-10)15(2,3)20-12-7-5-6-11(16)9-12/h5-9H,1-4H3. The Labute approximate surface area is 116 Å². The van der Waals surface area contributed by atoms with Crippen LogP contribution in [0.1, 0.15) is 25.4 Å². The van der Waals surface area contributed by atoms with E-state index in [0.717, 1.165) is 0 Å². The van der Waals surface area contributed by atoms with Gasteiger partial charge < -0.3 is 4.74 Å². The van der Waals surface area contributed by atoms with Crippen LogP contribution in [-0.4, -0.2) is 9.55 Å². The van der Waals surface area contributed by atoms with Crippen LogP contribution in [0.2, 0.25) is 0 Å². The quantitative estimate of drug-likeness (QED) is 0.865. The molecule has 106 valence electrons. The van der Waals surface area contributed by atoms with Crippen LogP contribution in [0.25, 0.3) is 0 Å². The van der Waals surface area contributed by atoms with Crippen LogP contribution in [0.3, 0.4) is 0 Å². The number of hydrogen-bond acceptors (Lipinski definition) is 3. The van der Waals surface area contributed by atoms with E-state index in [-0.39, 0.29) is 11.4 Å². The van der Waals surface area contributed by atoms with Crippen molar-refractivity contribution in [2.45, 2.75) is 26.4 Å². The summed E-state index contributed by atoms with van der Waals surface area (Å²) in [7, 11) is 1.64. The zero-order chi connectivity index (χ0) is 14.9. The molecule has 0 fully saturated rings. The third kappa shape index (κ3) is 2.87. The van der Waals surface area contributed by atoms with Gasteiger partial charge in [0.1, 0.15) is 11.6 Å². The average Bonchev–Trinajstić information content (AvgIpc) is 2.33. The lowest BCUT2D eigenvalue weighted by Gasteiger charge is -2.27. The minimum Gasteiger partial charge on any atom is -0.480 e. The van der Waals surface area contributed by atoms with E-state index in [0.29, 0.717) is 17.3 Å². The summed E-state index contributed by atoms with van der Waals surface area (Å²) in [6.07, 6.45) is 0. The van der Waals surface area contributed by atoms with Crippen LogP contribution in [0.5, 0.6) is 5.75 Å². The summed E-state index contributed by atoms with van der Waals surface area (Å²) in [6, 6.07) is 7.35. The van der Waals surface area contributed by atoms with Gasteiger partial charge in [0.2, 0.25) is 0 Å². The molecule has 0 spiro atoms. The molecule has 0 aliphatic carbocycles. The monoisotopic (exact) mass is 276 g/mol. The molecule has 0 aliphatic rings. The second-order valence-electron chi connectivity index (χ2n) is 5.19. The van der Waals surface area contributed by atoms with Gasteiger partial charge in [-0.1, -0.05) is 6.07 Å². The van der Waals surface area contributed by atoms with Crippen LogP contribution in [-0.2, 0) is 12.6 Å². The summed E-state index contributed by atoms with van der Waals surface area (Å²) in [6.45, 7) is 5.33. The maximum atomic E-state index is 13.2. The zero-order valence-corrected chi connectivity index (χ0v) is 12.0. The number of aryl methyl sites for hydroxylation is 1. The van der Waals surface area contributed by atoms with Crippen molar-refractivity contribution in [3.05, 3.63) is 58.0 Å². The van der Waals surface area contributed by atoms with Gasteiger partial charge in [-0.05, 0) is 32.9 Å². The van der Waals surface area contributed by atoms with E-state index in [1.165, 1.54) is 22.8 Å². The molecular weight excluding hydrogens is 259 g/mol. The molecule has 0 aliphatic heterocycles. The molecule has 0 saturated heterocycles. The Morgan fingerprint density at radius 2 is 2.00 bits per heavy atom. The van der Waals surface area contributed by atoms with E-state index in [1.807, 2.05) is 0 Å². The largest absolute Gasteiger partial charge is 0.480 e. The molecule has 0 bridgehead atoms. The lowest BCUT2D eigenvalue weighted by molar-refractivity contribution is 0.0928. The van der Waals surface area contributed by atoms with Crippen molar-refractivity contribution in [3.8, 4) is 5.75 Å². The third-order valence-corrected chi connectivity index (χ3v) is 2.97. The number of hydrogen-bond donors (Lipinski definition) is 0. The van der Waals surface area contributed by atoms with Crippen molar-refractivity contribution < 1.29 is 9.13 Å². The molecule has 0 N–H and O–H groups in total. The topological polar surface area (TPSA) is 44.1 Å². The number of aromatic nitrogens is 2. The van der Waals surface area contributed by atoms with E-state index in [1.54, 1.807) is 40.0 Å². The van der Waals surface area contributed by atoms with Gasteiger partial charge in [-0.2, -0.15) is 0 Å². The number of rotatable bonds is 3. The smallest absolute Gasteiger partial charge is 0.253 e. The number of nitrogens with zero attached hydrogens (tertiary/aromatic N) is 2. The third-order valence-electron chi connectivity index (χ3n) is 2.97. The van der Waals surface area contributed by atoms with Gasteiger partial charge in [0.05, 0.1) is 0 Å². The van der Waals surface area contributed by atoms with Crippen molar-refractivity contribution >= 4 is 0 Å². The highest BCUT2D eigenvalue weighted by Crippen LogP contribution is 2.26. The van der Waals surface area contributed by atoms with E-state index in [9.17, 15) is 9.18 Å². The SMILES string of the molecule is Cc1cc(=O)n(C)c(C(C)(C)Oc2cccc(F)c2)n1. The molecule has 0 unspecified atom stereocenters. The van der Waals surface area contributed by atoms with E-state index < -0.39 is 5.60 Å². The second-order valence-corrected chi connectivity index (χ2v) is 5.19. The highest BCUT2D eigenvalue weighted by Gasteiger charge is 2.28. The first-order chi connectivity index (χ1) is 9.29. The predicted octanol–water partition coefficient (Wildman–Crippen LogP) is 2.54. The summed E-state index contributed by atoms with van der Waals surface area (Å²) in [5.74, 6) is 0.516. The Bertz CT molecular complexity index is 693. The molecule has 0 radical (unpaired) electrons. The second kappa shape index (κ2) is 5.07. The highest BCUT2D eigenvalue weighted by atomic mass is 19.1. The van der Waals surface area contributed by atoms with Crippen molar-refractivity contribution in [2.75, 3.05) is 0 Å². The summed E-state index contributed by atoms with van der Waals surface area (Å²) < 4.78 is 20.4. The molecule has 0 saturated carbocycles. The van der Waals surface area contributed by atoms with Gasteiger partial charge in [0.25, 0.3) is 5.56 Å². The Balaban J connectivity index is 2.42. The molecule has 0 atom stereocenters. The summed E-state index contributed by atoms with van der Waals surface area (Å²) in [5.41, 5.74) is -0.379. The van der Waals surface area contributed by atoms with Crippen LogP contribution < -0.4 is 10.3 Å². The minimum absolute atomic E-state index is 0.150. The first-order valence-electron chi connectivity index (χ1n) is 6.29. The van der Waals surface area contributed by atoms with Crippen molar-refractivity contribution in [1.82, 2.24) is 9.55 Å². The van der Waals surface area contributed by atoms with Crippen LogP contribution in [0.15, 0.2) is 35.1 Å². The fourth-order valence-corrected chi connectivity index (χ4v) is 2.06. The van der Waals surface area contributed by atoms with Crippen molar-refractivity contribution in [2.24, 2.45) is 7.05 Å². The zero-order valence-electron chi connectivity index (χ0n) is 12.0. The number of halogens is 1. The number of ether oxygens (including phenoxy) is 1. The fraction of sp³-hybridized carbons (Fsp3) is 0.333. The molecular formula is C15H17FN2O2. The summed E-state index contributed by atoms with van der Waals surface area (Å²) in [4.78, 5) is 16.2. The minimum atomic E-state index is -0.853. The molecule has 0 amide bonds. The lowest BCUT2D eigenvalue weighted by Crippen LogP contribution is -2.35. The maximum absolute atomic E-state index is 13.2. The highest BCUT2D eigenvalue weighted by molar-refractivity contribution is 5.24. The van der Waals surface area contributed by atoms with Gasteiger partial charge >= 0.3 is 0 Å². The van der Waals surface area contributed by atoms with E-state index in [4.69, 9.17) is 4.74 Å². The molecule has 2 aromatic rings. The average molecular weight is 276 g/mol. The Kier molecular flexibility index (Phi) is 3.61. The van der Waals surface area contributed by atoms with Gasteiger partial charge in [-0.3, -0.25) is 9.36 Å². The van der Waals surface area contributed by atoms with Crippen molar-refractivity contribution in [3.63, 3.8) is 0 Å². The first kappa shape index (κ1) is 14.2. The Hall–Kier alpha value is -2.17. The maximum Gasteiger partial charge on any atom is 0.253 e.